The monoisotopic (exact) mass is 220 g/mol. The highest BCUT2D eigenvalue weighted by atomic mass is 16.5. The van der Waals surface area contributed by atoms with Crippen LogP contribution in [0.5, 0.6) is 0 Å². The van der Waals surface area contributed by atoms with Crippen LogP contribution in [-0.2, 0) is 14.3 Å². The molecule has 0 heterocycles. The highest BCUT2D eigenvalue weighted by Crippen LogP contribution is 2.05. The van der Waals surface area contributed by atoms with Gasteiger partial charge in [0.1, 0.15) is 0 Å². The molecule has 4 nitrogen and oxygen atoms in total. The topological polar surface area (TPSA) is 60.4 Å². The maximum atomic E-state index is 11.6. The summed E-state index contributed by atoms with van der Waals surface area (Å²) in [5.74, 6) is -1.73. The van der Waals surface area contributed by atoms with Crippen molar-refractivity contribution in [2.45, 2.75) is 12.8 Å². The van der Waals surface area contributed by atoms with Gasteiger partial charge in [-0.15, -0.1) is 0 Å². The number of hydrogen-bond donors (Lipinski definition) is 0. The molecule has 0 radical (unpaired) electrons. The number of methoxy groups -OCH3 is 1. The van der Waals surface area contributed by atoms with Crippen LogP contribution in [-0.4, -0.2) is 24.6 Å². The van der Waals surface area contributed by atoms with E-state index in [4.69, 9.17) is 0 Å². The van der Waals surface area contributed by atoms with Crippen LogP contribution in [0.15, 0.2) is 30.3 Å². The molecule has 0 bridgehead atoms. The number of Topliss-reactive ketones (excluding diaryl/α,β-unsaturated/α-hetero) is 2. The van der Waals surface area contributed by atoms with Crippen molar-refractivity contribution in [2.75, 3.05) is 7.11 Å². The van der Waals surface area contributed by atoms with Gasteiger partial charge in [-0.2, -0.15) is 0 Å². The Bertz CT molecular complexity index is 395. The van der Waals surface area contributed by atoms with Gasteiger partial charge in [0, 0.05) is 18.4 Å². The van der Waals surface area contributed by atoms with E-state index in [2.05, 4.69) is 4.74 Å². The van der Waals surface area contributed by atoms with Gasteiger partial charge in [0.2, 0.25) is 5.78 Å². The van der Waals surface area contributed by atoms with Gasteiger partial charge >= 0.3 is 5.97 Å². The predicted octanol–water partition coefficient (Wildman–Crippen LogP) is 1.39. The fourth-order valence-electron chi connectivity index (χ4n) is 1.21. The fraction of sp³-hybridized carbons (Fsp3) is 0.250. The Morgan fingerprint density at radius 2 is 1.69 bits per heavy atom. The van der Waals surface area contributed by atoms with Crippen LogP contribution in [0.25, 0.3) is 0 Å². The molecule has 0 aliphatic carbocycles. The second-order valence-electron chi connectivity index (χ2n) is 3.20. The summed E-state index contributed by atoms with van der Waals surface area (Å²) in [6.45, 7) is 0. The lowest BCUT2D eigenvalue weighted by Gasteiger charge is -1.99. The minimum Gasteiger partial charge on any atom is -0.463 e. The van der Waals surface area contributed by atoms with E-state index in [1.165, 1.54) is 0 Å². The highest BCUT2D eigenvalue weighted by Gasteiger charge is 2.15. The van der Waals surface area contributed by atoms with E-state index >= 15 is 0 Å². The Kier molecular flexibility index (Phi) is 4.39. The molecule has 0 aliphatic rings. The highest BCUT2D eigenvalue weighted by molar-refractivity contribution is 6.33. The molecule has 1 rings (SSSR count). The van der Waals surface area contributed by atoms with Crippen molar-refractivity contribution in [3.8, 4) is 0 Å². The number of carbonyl (C=O) groups is 3. The number of ether oxygens (including phenoxy) is 1. The molecule has 16 heavy (non-hydrogen) atoms. The maximum Gasteiger partial charge on any atom is 0.374 e. The first-order valence-electron chi connectivity index (χ1n) is 4.84. The van der Waals surface area contributed by atoms with E-state index in [0.29, 0.717) is 5.56 Å². The number of ketones is 2. The average molecular weight is 220 g/mol. The number of carbonyl (C=O) groups excluding carboxylic acids is 3. The Morgan fingerprint density at radius 1 is 1.06 bits per heavy atom. The van der Waals surface area contributed by atoms with Crippen LogP contribution in [0, 0.1) is 0 Å². The van der Waals surface area contributed by atoms with Crippen LogP contribution < -0.4 is 0 Å². The standard InChI is InChI=1S/C12H12O4/c1-16-12(15)11(14)8-7-10(13)9-5-3-2-4-6-9/h2-6H,7-8H2,1H3. The van der Waals surface area contributed by atoms with E-state index in [0.717, 1.165) is 7.11 Å². The van der Waals surface area contributed by atoms with Crippen molar-refractivity contribution in [3.63, 3.8) is 0 Å². The molecule has 1 aromatic rings. The Labute approximate surface area is 93.2 Å². The molecule has 0 aromatic heterocycles. The zero-order chi connectivity index (χ0) is 12.0. The number of esters is 1. The molecular weight excluding hydrogens is 208 g/mol. The summed E-state index contributed by atoms with van der Waals surface area (Å²) in [5, 5.41) is 0. The third-order valence-corrected chi connectivity index (χ3v) is 2.09. The normalized spacial score (nSPS) is 9.56. The molecule has 0 amide bonds. The molecule has 0 unspecified atom stereocenters. The zero-order valence-electron chi connectivity index (χ0n) is 8.93. The minimum absolute atomic E-state index is 0.0257. The van der Waals surface area contributed by atoms with Crippen molar-refractivity contribution in [1.82, 2.24) is 0 Å². The zero-order valence-corrected chi connectivity index (χ0v) is 8.93. The summed E-state index contributed by atoms with van der Waals surface area (Å²) in [4.78, 5) is 33.4. The summed E-state index contributed by atoms with van der Waals surface area (Å²) in [6.07, 6.45) is -0.0850. The lowest BCUT2D eigenvalue weighted by molar-refractivity contribution is -0.151. The maximum absolute atomic E-state index is 11.6. The van der Waals surface area contributed by atoms with Crippen molar-refractivity contribution in [1.29, 1.82) is 0 Å². The van der Waals surface area contributed by atoms with Gasteiger partial charge in [-0.1, -0.05) is 30.3 Å². The van der Waals surface area contributed by atoms with E-state index in [1.54, 1.807) is 30.3 Å². The fourth-order valence-corrected chi connectivity index (χ4v) is 1.21. The molecular formula is C12H12O4. The first-order valence-corrected chi connectivity index (χ1v) is 4.84. The van der Waals surface area contributed by atoms with Crippen LogP contribution in [0.4, 0.5) is 0 Å². The van der Waals surface area contributed by atoms with E-state index in [9.17, 15) is 14.4 Å². The molecule has 0 spiro atoms. The summed E-state index contributed by atoms with van der Waals surface area (Å²) in [5.41, 5.74) is 0.542. The van der Waals surface area contributed by atoms with Gasteiger partial charge in [0.05, 0.1) is 7.11 Å². The third-order valence-electron chi connectivity index (χ3n) is 2.09. The van der Waals surface area contributed by atoms with Crippen LogP contribution in [0.3, 0.4) is 0 Å². The summed E-state index contributed by atoms with van der Waals surface area (Å²) >= 11 is 0. The van der Waals surface area contributed by atoms with Crippen molar-refractivity contribution in [2.24, 2.45) is 0 Å². The quantitative estimate of drug-likeness (QED) is 0.427. The number of rotatable bonds is 5. The first-order chi connectivity index (χ1) is 7.65. The number of hydrogen-bond acceptors (Lipinski definition) is 4. The molecule has 1 aromatic carbocycles. The predicted molar refractivity (Wildman–Crippen MR) is 57.0 cm³/mol. The summed E-state index contributed by atoms with van der Waals surface area (Å²) in [7, 11) is 1.14. The van der Waals surface area contributed by atoms with E-state index in [1.807, 2.05) is 0 Å². The molecule has 84 valence electrons. The molecule has 0 saturated heterocycles. The SMILES string of the molecule is COC(=O)C(=O)CCC(=O)c1ccccc1. The van der Waals surface area contributed by atoms with Gasteiger partial charge in [-0.05, 0) is 0 Å². The molecule has 0 aliphatic heterocycles. The molecule has 0 N–H and O–H groups in total. The third kappa shape index (κ3) is 3.31. The summed E-state index contributed by atoms with van der Waals surface area (Å²) in [6, 6.07) is 8.64. The van der Waals surface area contributed by atoms with Gasteiger partial charge in [0.25, 0.3) is 0 Å². The van der Waals surface area contributed by atoms with Crippen molar-refractivity contribution < 1.29 is 19.1 Å². The van der Waals surface area contributed by atoms with Gasteiger partial charge in [-0.3, -0.25) is 9.59 Å². The Hall–Kier alpha value is -1.97. The molecule has 0 saturated carbocycles. The lowest BCUT2D eigenvalue weighted by Crippen LogP contribution is -2.16. The lowest BCUT2D eigenvalue weighted by atomic mass is 10.1. The van der Waals surface area contributed by atoms with Crippen molar-refractivity contribution >= 4 is 17.5 Å². The average Bonchev–Trinajstić information content (AvgIpc) is 2.35. The van der Waals surface area contributed by atoms with Crippen LogP contribution in [0.1, 0.15) is 23.2 Å². The van der Waals surface area contributed by atoms with Crippen LogP contribution >= 0.6 is 0 Å². The molecule has 4 heteroatoms. The van der Waals surface area contributed by atoms with Gasteiger partial charge in [0.15, 0.2) is 5.78 Å². The molecule has 0 fully saturated rings. The van der Waals surface area contributed by atoms with E-state index in [-0.39, 0.29) is 18.6 Å². The minimum atomic E-state index is -0.902. The van der Waals surface area contributed by atoms with Crippen LogP contribution in [0.2, 0.25) is 0 Å². The Morgan fingerprint density at radius 3 is 2.25 bits per heavy atom. The largest absolute Gasteiger partial charge is 0.463 e. The van der Waals surface area contributed by atoms with Gasteiger partial charge in [-0.25, -0.2) is 4.79 Å². The smallest absolute Gasteiger partial charge is 0.374 e. The second kappa shape index (κ2) is 5.80. The Balaban J connectivity index is 2.48. The van der Waals surface area contributed by atoms with E-state index < -0.39 is 11.8 Å². The molecule has 0 atom stereocenters. The first kappa shape index (κ1) is 12.1. The number of benzene rings is 1. The summed E-state index contributed by atoms with van der Waals surface area (Å²) < 4.78 is 4.25. The van der Waals surface area contributed by atoms with Gasteiger partial charge < -0.3 is 4.74 Å². The van der Waals surface area contributed by atoms with Crippen molar-refractivity contribution in [3.05, 3.63) is 35.9 Å². The second-order valence-corrected chi connectivity index (χ2v) is 3.20.